The number of nitrogens with zero attached hydrogens (tertiary/aromatic N) is 1. The van der Waals surface area contributed by atoms with Crippen molar-refractivity contribution >= 4 is 5.97 Å². The number of rotatable bonds is 4. The topological polar surface area (TPSA) is 59.0 Å². The van der Waals surface area contributed by atoms with Gasteiger partial charge in [-0.2, -0.15) is 0 Å². The Labute approximate surface area is 112 Å². The lowest BCUT2D eigenvalue weighted by molar-refractivity contribution is -0.141. The second kappa shape index (κ2) is 5.48. The van der Waals surface area contributed by atoms with Crippen LogP contribution in [-0.2, 0) is 4.79 Å². The Balaban J connectivity index is 2.43. The van der Waals surface area contributed by atoms with Crippen molar-refractivity contribution in [2.24, 2.45) is 5.92 Å². The van der Waals surface area contributed by atoms with E-state index in [-0.39, 0.29) is 5.92 Å². The quantitative estimate of drug-likeness (QED) is 0.892. The number of hydrogen-bond acceptors (Lipinski definition) is 4. The first kappa shape index (κ1) is 13.7. The number of methoxy groups -OCH3 is 2. The average molecular weight is 265 g/mol. The van der Waals surface area contributed by atoms with Crippen LogP contribution in [0.3, 0.4) is 0 Å². The highest BCUT2D eigenvalue weighted by Crippen LogP contribution is 2.41. The highest BCUT2D eigenvalue weighted by Gasteiger charge is 2.38. The number of likely N-dealkylation sites (tertiary alicyclic amines) is 1. The fourth-order valence-electron chi connectivity index (χ4n) is 2.77. The largest absolute Gasteiger partial charge is 0.493 e. The molecule has 1 heterocycles. The van der Waals surface area contributed by atoms with Crippen molar-refractivity contribution in [1.29, 1.82) is 0 Å². The third-order valence-electron chi connectivity index (χ3n) is 3.65. The summed E-state index contributed by atoms with van der Waals surface area (Å²) >= 11 is 0. The van der Waals surface area contributed by atoms with Crippen LogP contribution >= 0.6 is 0 Å². The van der Waals surface area contributed by atoms with Crippen LogP contribution in [0.15, 0.2) is 18.2 Å². The molecule has 1 aromatic rings. The van der Waals surface area contributed by atoms with Gasteiger partial charge >= 0.3 is 5.97 Å². The van der Waals surface area contributed by atoms with E-state index in [0.29, 0.717) is 24.6 Å². The Morgan fingerprint density at radius 1 is 1.32 bits per heavy atom. The molecule has 5 heteroatoms. The molecule has 0 bridgehead atoms. The van der Waals surface area contributed by atoms with Gasteiger partial charge in [-0.25, -0.2) is 0 Å². The molecule has 1 aliphatic heterocycles. The number of benzene rings is 1. The summed E-state index contributed by atoms with van der Waals surface area (Å²) in [5, 5.41) is 9.35. The molecule has 0 amide bonds. The van der Waals surface area contributed by atoms with Gasteiger partial charge < -0.3 is 19.5 Å². The molecular weight excluding hydrogens is 246 g/mol. The molecule has 0 saturated carbocycles. The van der Waals surface area contributed by atoms with Crippen LogP contribution in [0.1, 0.15) is 11.5 Å². The molecule has 1 N–H and O–H groups in total. The number of ether oxygens (including phenoxy) is 2. The molecule has 1 fully saturated rings. The summed E-state index contributed by atoms with van der Waals surface area (Å²) in [7, 11) is 5.09. The minimum atomic E-state index is -0.765. The third kappa shape index (κ3) is 2.51. The molecule has 2 unspecified atom stereocenters. The SMILES string of the molecule is COc1cccc(C2CN(C)CC2C(=O)O)c1OC. The van der Waals surface area contributed by atoms with Crippen molar-refractivity contribution in [3.63, 3.8) is 0 Å². The molecule has 2 rings (SSSR count). The molecule has 2 atom stereocenters. The van der Waals surface area contributed by atoms with Gasteiger partial charge in [-0.15, -0.1) is 0 Å². The van der Waals surface area contributed by atoms with Crippen LogP contribution in [0.25, 0.3) is 0 Å². The molecule has 1 aliphatic rings. The van der Waals surface area contributed by atoms with Crippen molar-refractivity contribution in [2.45, 2.75) is 5.92 Å². The number of carboxylic acid groups (broad SMARTS) is 1. The number of likely N-dealkylation sites (N-methyl/N-ethyl adjacent to an activating group) is 1. The Bertz CT molecular complexity index is 475. The molecule has 0 aromatic heterocycles. The summed E-state index contributed by atoms with van der Waals surface area (Å²) in [4.78, 5) is 13.4. The second-order valence-electron chi connectivity index (χ2n) is 4.86. The maximum atomic E-state index is 11.4. The zero-order chi connectivity index (χ0) is 14.0. The summed E-state index contributed by atoms with van der Waals surface area (Å²) in [6.07, 6.45) is 0. The van der Waals surface area contributed by atoms with E-state index in [4.69, 9.17) is 9.47 Å². The number of carboxylic acids is 1. The van der Waals surface area contributed by atoms with Crippen LogP contribution in [0.2, 0.25) is 0 Å². The van der Waals surface area contributed by atoms with Crippen LogP contribution in [0, 0.1) is 5.92 Å². The van der Waals surface area contributed by atoms with Crippen molar-refractivity contribution in [2.75, 3.05) is 34.4 Å². The highest BCUT2D eigenvalue weighted by molar-refractivity contribution is 5.73. The van der Waals surface area contributed by atoms with Crippen molar-refractivity contribution < 1.29 is 19.4 Å². The molecule has 19 heavy (non-hydrogen) atoms. The molecule has 5 nitrogen and oxygen atoms in total. The second-order valence-corrected chi connectivity index (χ2v) is 4.86. The summed E-state index contributed by atoms with van der Waals surface area (Å²) in [6, 6.07) is 5.60. The highest BCUT2D eigenvalue weighted by atomic mass is 16.5. The van der Waals surface area contributed by atoms with E-state index >= 15 is 0 Å². The van der Waals surface area contributed by atoms with Gasteiger partial charge in [-0.3, -0.25) is 4.79 Å². The van der Waals surface area contributed by atoms with Crippen molar-refractivity contribution in [3.05, 3.63) is 23.8 Å². The van der Waals surface area contributed by atoms with Crippen molar-refractivity contribution in [1.82, 2.24) is 4.90 Å². The normalized spacial score (nSPS) is 23.3. The van der Waals surface area contributed by atoms with Crippen molar-refractivity contribution in [3.8, 4) is 11.5 Å². The first-order chi connectivity index (χ1) is 9.08. The fourth-order valence-corrected chi connectivity index (χ4v) is 2.77. The zero-order valence-corrected chi connectivity index (χ0v) is 11.4. The molecule has 1 aromatic carbocycles. The number of aliphatic carboxylic acids is 1. The predicted octanol–water partition coefficient (Wildman–Crippen LogP) is 1.43. The maximum Gasteiger partial charge on any atom is 0.308 e. The third-order valence-corrected chi connectivity index (χ3v) is 3.65. The Morgan fingerprint density at radius 2 is 2.05 bits per heavy atom. The first-order valence-corrected chi connectivity index (χ1v) is 6.20. The van der Waals surface area contributed by atoms with Gasteiger partial charge in [0.2, 0.25) is 0 Å². The summed E-state index contributed by atoms with van der Waals surface area (Å²) in [6.45, 7) is 1.26. The first-order valence-electron chi connectivity index (χ1n) is 6.20. The average Bonchev–Trinajstić information content (AvgIpc) is 2.79. The lowest BCUT2D eigenvalue weighted by Gasteiger charge is -2.19. The van der Waals surface area contributed by atoms with E-state index in [2.05, 4.69) is 0 Å². The van der Waals surface area contributed by atoms with Gasteiger partial charge in [0.15, 0.2) is 11.5 Å². The van der Waals surface area contributed by atoms with E-state index in [9.17, 15) is 9.90 Å². The van der Waals surface area contributed by atoms with Gasteiger partial charge in [0.1, 0.15) is 0 Å². The number of para-hydroxylation sites is 1. The molecule has 0 spiro atoms. The van der Waals surface area contributed by atoms with Gasteiger partial charge in [0.25, 0.3) is 0 Å². The number of hydrogen-bond donors (Lipinski definition) is 1. The molecular formula is C14H19NO4. The standard InChI is InChI=1S/C14H19NO4/c1-15-7-10(11(8-15)14(16)17)9-5-4-6-12(18-2)13(9)19-3/h4-6,10-11H,7-8H2,1-3H3,(H,16,17). The summed E-state index contributed by atoms with van der Waals surface area (Å²) < 4.78 is 10.7. The van der Waals surface area contributed by atoms with Crippen LogP contribution in [0.4, 0.5) is 0 Å². The van der Waals surface area contributed by atoms with Crippen LogP contribution in [0.5, 0.6) is 11.5 Å². The Morgan fingerprint density at radius 3 is 2.63 bits per heavy atom. The predicted molar refractivity (Wildman–Crippen MR) is 70.9 cm³/mol. The zero-order valence-electron chi connectivity index (χ0n) is 11.4. The molecule has 0 radical (unpaired) electrons. The molecule has 104 valence electrons. The van der Waals surface area contributed by atoms with E-state index in [0.717, 1.165) is 5.56 Å². The monoisotopic (exact) mass is 265 g/mol. The molecule has 0 aliphatic carbocycles. The lowest BCUT2D eigenvalue weighted by atomic mass is 9.88. The fraction of sp³-hybridized carbons (Fsp3) is 0.500. The van der Waals surface area contributed by atoms with Crippen LogP contribution in [-0.4, -0.2) is 50.3 Å². The van der Waals surface area contributed by atoms with E-state index < -0.39 is 11.9 Å². The minimum Gasteiger partial charge on any atom is -0.493 e. The van der Waals surface area contributed by atoms with E-state index in [1.54, 1.807) is 14.2 Å². The van der Waals surface area contributed by atoms with E-state index in [1.165, 1.54) is 0 Å². The minimum absolute atomic E-state index is 0.0763. The Hall–Kier alpha value is -1.75. The summed E-state index contributed by atoms with van der Waals surface area (Å²) in [5.41, 5.74) is 0.901. The van der Waals surface area contributed by atoms with E-state index in [1.807, 2.05) is 30.1 Å². The van der Waals surface area contributed by atoms with Gasteiger partial charge in [0.05, 0.1) is 20.1 Å². The summed E-state index contributed by atoms with van der Waals surface area (Å²) in [5.74, 6) is 0.0213. The molecule has 1 saturated heterocycles. The maximum absolute atomic E-state index is 11.4. The Kier molecular flexibility index (Phi) is 3.95. The lowest BCUT2D eigenvalue weighted by Crippen LogP contribution is -2.21. The number of carbonyl (C=O) groups is 1. The van der Waals surface area contributed by atoms with Crippen LogP contribution < -0.4 is 9.47 Å². The van der Waals surface area contributed by atoms with Gasteiger partial charge in [-0.1, -0.05) is 12.1 Å². The van der Waals surface area contributed by atoms with Gasteiger partial charge in [0, 0.05) is 24.6 Å². The van der Waals surface area contributed by atoms with Gasteiger partial charge in [-0.05, 0) is 13.1 Å². The smallest absolute Gasteiger partial charge is 0.308 e.